The first-order valence-corrected chi connectivity index (χ1v) is 6.81. The second kappa shape index (κ2) is 4.81. The van der Waals surface area contributed by atoms with Gasteiger partial charge in [-0.15, -0.1) is 0 Å². The molecule has 98 valence electrons. The molecular weight excluding hydrogens is 226 g/mol. The monoisotopic (exact) mass is 247 g/mol. The highest BCUT2D eigenvalue weighted by Crippen LogP contribution is 2.42. The Morgan fingerprint density at radius 2 is 2.06 bits per heavy atom. The molecule has 1 heterocycles. The molecule has 0 radical (unpaired) electrons. The van der Waals surface area contributed by atoms with E-state index in [4.69, 9.17) is 9.47 Å². The van der Waals surface area contributed by atoms with E-state index in [-0.39, 0.29) is 0 Å². The minimum Gasteiger partial charge on any atom is -0.497 e. The Labute approximate surface area is 108 Å². The molecule has 3 nitrogen and oxygen atoms in total. The van der Waals surface area contributed by atoms with Gasteiger partial charge in [-0.25, -0.2) is 0 Å². The molecule has 18 heavy (non-hydrogen) atoms. The van der Waals surface area contributed by atoms with Crippen LogP contribution in [0, 0.1) is 0 Å². The predicted octanol–water partition coefficient (Wildman–Crippen LogP) is 2.49. The first-order chi connectivity index (χ1) is 8.83. The standard InChI is InChI=1S/C15H21NO2/c1-17-10-8-13-11-4-3-7-16-14(11)6-5-12(13)15(9-10)18-2/h8-9,11,14,16H,3-7H2,1-2H3/t11-,14-/m0/s1. The van der Waals surface area contributed by atoms with Crippen molar-refractivity contribution in [1.29, 1.82) is 0 Å². The number of nitrogens with one attached hydrogen (secondary N) is 1. The van der Waals surface area contributed by atoms with Crippen LogP contribution in [0.1, 0.15) is 36.3 Å². The van der Waals surface area contributed by atoms with E-state index in [0.29, 0.717) is 12.0 Å². The van der Waals surface area contributed by atoms with Gasteiger partial charge in [0.15, 0.2) is 0 Å². The third kappa shape index (κ3) is 1.87. The lowest BCUT2D eigenvalue weighted by molar-refractivity contribution is 0.311. The lowest BCUT2D eigenvalue weighted by atomic mass is 9.75. The lowest BCUT2D eigenvalue weighted by Gasteiger charge is -2.38. The number of fused-ring (bicyclic) bond motifs is 3. The van der Waals surface area contributed by atoms with Crippen molar-refractivity contribution in [2.45, 2.75) is 37.6 Å². The van der Waals surface area contributed by atoms with E-state index >= 15 is 0 Å². The maximum Gasteiger partial charge on any atom is 0.126 e. The van der Waals surface area contributed by atoms with Gasteiger partial charge in [-0.2, -0.15) is 0 Å². The average Bonchev–Trinajstić information content (AvgIpc) is 2.45. The summed E-state index contributed by atoms with van der Waals surface area (Å²) in [5.74, 6) is 2.54. The number of methoxy groups -OCH3 is 2. The molecule has 2 aliphatic rings. The molecule has 3 rings (SSSR count). The fraction of sp³-hybridized carbons (Fsp3) is 0.600. The number of rotatable bonds is 2. The summed E-state index contributed by atoms with van der Waals surface area (Å²) >= 11 is 0. The number of piperidine rings is 1. The maximum absolute atomic E-state index is 5.53. The van der Waals surface area contributed by atoms with Crippen molar-refractivity contribution in [1.82, 2.24) is 5.32 Å². The summed E-state index contributed by atoms with van der Waals surface area (Å²) in [5, 5.41) is 3.66. The number of hydrogen-bond donors (Lipinski definition) is 1. The normalized spacial score (nSPS) is 26.1. The van der Waals surface area contributed by atoms with Crippen molar-refractivity contribution in [2.75, 3.05) is 20.8 Å². The molecule has 2 atom stereocenters. The largest absolute Gasteiger partial charge is 0.497 e. The van der Waals surface area contributed by atoms with Crippen molar-refractivity contribution < 1.29 is 9.47 Å². The van der Waals surface area contributed by atoms with Crippen LogP contribution in [0.3, 0.4) is 0 Å². The molecule has 1 aromatic carbocycles. The highest BCUT2D eigenvalue weighted by Gasteiger charge is 2.33. The zero-order valence-corrected chi connectivity index (χ0v) is 11.2. The second-order valence-electron chi connectivity index (χ2n) is 5.25. The minimum absolute atomic E-state index is 0.631. The smallest absolute Gasteiger partial charge is 0.126 e. The SMILES string of the molecule is COc1cc(OC)c2c(c1)[C@@H]1CCCN[C@H]1CC2. The Balaban J connectivity index is 2.05. The summed E-state index contributed by atoms with van der Waals surface area (Å²) in [6.45, 7) is 1.16. The molecule has 0 saturated carbocycles. The van der Waals surface area contributed by atoms with E-state index in [9.17, 15) is 0 Å². The Kier molecular flexibility index (Phi) is 3.16. The molecule has 1 aromatic rings. The number of ether oxygens (including phenoxy) is 2. The molecule has 0 spiro atoms. The van der Waals surface area contributed by atoms with Gasteiger partial charge in [-0.05, 0) is 55.3 Å². The molecule has 1 aliphatic carbocycles. The summed E-state index contributed by atoms with van der Waals surface area (Å²) in [6.07, 6.45) is 4.87. The van der Waals surface area contributed by atoms with Crippen molar-refractivity contribution in [3.8, 4) is 11.5 Å². The van der Waals surface area contributed by atoms with Crippen LogP contribution in [0.2, 0.25) is 0 Å². The van der Waals surface area contributed by atoms with Crippen LogP contribution in [0.4, 0.5) is 0 Å². The average molecular weight is 247 g/mol. The second-order valence-corrected chi connectivity index (χ2v) is 5.25. The van der Waals surface area contributed by atoms with Gasteiger partial charge in [-0.1, -0.05) is 0 Å². The van der Waals surface area contributed by atoms with Crippen LogP contribution in [-0.4, -0.2) is 26.8 Å². The van der Waals surface area contributed by atoms with E-state index in [1.165, 1.54) is 30.4 Å². The molecule has 0 aromatic heterocycles. The molecule has 1 aliphatic heterocycles. The number of benzene rings is 1. The van der Waals surface area contributed by atoms with Gasteiger partial charge < -0.3 is 14.8 Å². The third-order valence-corrected chi connectivity index (χ3v) is 4.36. The van der Waals surface area contributed by atoms with Gasteiger partial charge in [0, 0.05) is 12.1 Å². The molecule has 1 fully saturated rings. The highest BCUT2D eigenvalue weighted by molar-refractivity contribution is 5.50. The van der Waals surface area contributed by atoms with Crippen molar-refractivity contribution in [3.63, 3.8) is 0 Å². The third-order valence-electron chi connectivity index (χ3n) is 4.36. The van der Waals surface area contributed by atoms with E-state index in [1.54, 1.807) is 14.2 Å². The van der Waals surface area contributed by atoms with Crippen LogP contribution in [0.5, 0.6) is 11.5 Å². The predicted molar refractivity (Wildman–Crippen MR) is 71.6 cm³/mol. The Morgan fingerprint density at radius 1 is 1.17 bits per heavy atom. The number of hydrogen-bond acceptors (Lipinski definition) is 3. The van der Waals surface area contributed by atoms with Crippen molar-refractivity contribution in [3.05, 3.63) is 23.3 Å². The molecule has 0 unspecified atom stereocenters. The molecule has 1 saturated heterocycles. The zero-order chi connectivity index (χ0) is 12.5. The van der Waals surface area contributed by atoms with Gasteiger partial charge in [0.1, 0.15) is 11.5 Å². The van der Waals surface area contributed by atoms with E-state index < -0.39 is 0 Å². The van der Waals surface area contributed by atoms with Crippen molar-refractivity contribution >= 4 is 0 Å². The first-order valence-electron chi connectivity index (χ1n) is 6.81. The van der Waals surface area contributed by atoms with Gasteiger partial charge in [0.2, 0.25) is 0 Å². The summed E-state index contributed by atoms with van der Waals surface area (Å²) in [5.41, 5.74) is 2.83. The van der Waals surface area contributed by atoms with Crippen molar-refractivity contribution in [2.24, 2.45) is 0 Å². The van der Waals surface area contributed by atoms with Crippen LogP contribution >= 0.6 is 0 Å². The highest BCUT2D eigenvalue weighted by atomic mass is 16.5. The van der Waals surface area contributed by atoms with Crippen LogP contribution < -0.4 is 14.8 Å². The molecular formula is C15H21NO2. The maximum atomic E-state index is 5.53. The van der Waals surface area contributed by atoms with Gasteiger partial charge in [0.05, 0.1) is 14.2 Å². The van der Waals surface area contributed by atoms with E-state index in [2.05, 4.69) is 11.4 Å². The van der Waals surface area contributed by atoms with Crippen LogP contribution in [-0.2, 0) is 6.42 Å². The zero-order valence-electron chi connectivity index (χ0n) is 11.2. The lowest BCUT2D eigenvalue weighted by Crippen LogP contribution is -2.42. The summed E-state index contributed by atoms with van der Waals surface area (Å²) in [6, 6.07) is 4.86. The fourth-order valence-electron chi connectivity index (χ4n) is 3.47. The Hall–Kier alpha value is -1.22. The minimum atomic E-state index is 0.631. The summed E-state index contributed by atoms with van der Waals surface area (Å²) < 4.78 is 10.9. The summed E-state index contributed by atoms with van der Waals surface area (Å²) in [7, 11) is 3.47. The Bertz CT molecular complexity index is 444. The van der Waals surface area contributed by atoms with Crippen LogP contribution in [0.25, 0.3) is 0 Å². The first kappa shape index (κ1) is 11.8. The van der Waals surface area contributed by atoms with Crippen LogP contribution in [0.15, 0.2) is 12.1 Å². The van der Waals surface area contributed by atoms with Gasteiger partial charge in [0.25, 0.3) is 0 Å². The quantitative estimate of drug-likeness (QED) is 0.871. The summed E-state index contributed by atoms with van der Waals surface area (Å²) in [4.78, 5) is 0. The van der Waals surface area contributed by atoms with E-state index in [1.807, 2.05) is 6.07 Å². The van der Waals surface area contributed by atoms with Gasteiger partial charge >= 0.3 is 0 Å². The molecule has 3 heteroatoms. The molecule has 1 N–H and O–H groups in total. The molecule has 0 amide bonds. The topological polar surface area (TPSA) is 30.5 Å². The Morgan fingerprint density at radius 3 is 2.83 bits per heavy atom. The molecule has 0 bridgehead atoms. The fourth-order valence-corrected chi connectivity index (χ4v) is 3.47. The van der Waals surface area contributed by atoms with Gasteiger partial charge in [-0.3, -0.25) is 0 Å². The van der Waals surface area contributed by atoms with E-state index in [0.717, 1.165) is 24.5 Å².